The molecule has 0 saturated heterocycles. The highest BCUT2D eigenvalue weighted by Crippen LogP contribution is 1.94. The fourth-order valence-corrected chi connectivity index (χ4v) is 1.05. The second-order valence-electron chi connectivity index (χ2n) is 4.27. The van der Waals surface area contributed by atoms with E-state index in [1.165, 1.54) is 0 Å². The molecule has 0 rings (SSSR count). The van der Waals surface area contributed by atoms with Gasteiger partial charge in [0.15, 0.2) is 5.96 Å². The second-order valence-corrected chi connectivity index (χ2v) is 4.27. The third-order valence-electron chi connectivity index (χ3n) is 2.27. The molecule has 0 saturated carbocycles. The van der Waals surface area contributed by atoms with Crippen LogP contribution in [0.3, 0.4) is 0 Å². The standard InChI is InChI=1S/C6H14N4O2.C5H9NO4.ClH/c7-4(5(11)12)2-1-3-10-6(8)9;6-3(5(9)10)1-2-4(7)8;/h4H,1-3,7H2,(H,11,12)(H4,8,9,10);3H,1-2,6H2,(H,7,8)(H,9,10);1H/t4-;3-;/m00./s1. The van der Waals surface area contributed by atoms with Gasteiger partial charge < -0.3 is 38.3 Å². The van der Waals surface area contributed by atoms with E-state index in [1.54, 1.807) is 0 Å². The smallest absolute Gasteiger partial charge is 0.320 e. The highest BCUT2D eigenvalue weighted by atomic mass is 35.5. The predicted molar refractivity (Wildman–Crippen MR) is 85.3 cm³/mol. The Morgan fingerprint density at radius 3 is 1.70 bits per heavy atom. The predicted octanol–water partition coefficient (Wildman–Crippen LogP) is -1.86. The van der Waals surface area contributed by atoms with E-state index < -0.39 is 30.0 Å². The first-order valence-electron chi connectivity index (χ1n) is 6.31. The van der Waals surface area contributed by atoms with Crippen molar-refractivity contribution in [2.45, 2.75) is 37.8 Å². The van der Waals surface area contributed by atoms with Crippen molar-refractivity contribution in [1.82, 2.24) is 0 Å². The Balaban J connectivity index is -0.000000338. The quantitative estimate of drug-likeness (QED) is 0.138. The van der Waals surface area contributed by atoms with Crippen molar-refractivity contribution in [3.63, 3.8) is 0 Å². The van der Waals surface area contributed by atoms with Crippen LogP contribution >= 0.6 is 12.4 Å². The van der Waals surface area contributed by atoms with Crippen molar-refractivity contribution in [3.8, 4) is 0 Å². The first kappa shape index (κ1) is 25.8. The zero-order valence-electron chi connectivity index (χ0n) is 12.4. The molecule has 0 aliphatic rings. The van der Waals surface area contributed by atoms with Crippen LogP contribution in [-0.4, -0.2) is 57.8 Å². The number of halogens is 1. The third kappa shape index (κ3) is 19.9. The van der Waals surface area contributed by atoms with E-state index in [4.69, 9.17) is 38.3 Å². The Labute approximate surface area is 139 Å². The number of aliphatic imine (C=N–C) groups is 1. The van der Waals surface area contributed by atoms with Crippen LogP contribution in [0.25, 0.3) is 0 Å². The van der Waals surface area contributed by atoms with Crippen LogP contribution in [0.5, 0.6) is 0 Å². The summed E-state index contributed by atoms with van der Waals surface area (Å²) in [6.45, 7) is 0.420. The number of nitrogens with two attached hydrogens (primary N) is 4. The maximum absolute atomic E-state index is 10.2. The van der Waals surface area contributed by atoms with Crippen LogP contribution in [0.4, 0.5) is 0 Å². The Morgan fingerprint density at radius 1 is 0.913 bits per heavy atom. The molecule has 11 nitrogen and oxygen atoms in total. The van der Waals surface area contributed by atoms with E-state index in [0.717, 1.165) is 0 Å². The Bertz CT molecular complexity index is 402. The fraction of sp³-hybridized carbons (Fsp3) is 0.636. The number of aliphatic carboxylic acids is 3. The van der Waals surface area contributed by atoms with Gasteiger partial charge in [-0.25, -0.2) is 0 Å². The summed E-state index contributed by atoms with van der Waals surface area (Å²) in [5, 5.41) is 24.7. The van der Waals surface area contributed by atoms with Crippen molar-refractivity contribution in [2.75, 3.05) is 6.54 Å². The van der Waals surface area contributed by atoms with Gasteiger partial charge in [-0.1, -0.05) is 0 Å². The van der Waals surface area contributed by atoms with E-state index in [0.29, 0.717) is 19.4 Å². The van der Waals surface area contributed by atoms with Crippen molar-refractivity contribution in [1.29, 1.82) is 0 Å². The van der Waals surface area contributed by atoms with E-state index >= 15 is 0 Å². The van der Waals surface area contributed by atoms with Gasteiger partial charge in [0, 0.05) is 13.0 Å². The van der Waals surface area contributed by atoms with E-state index in [2.05, 4.69) is 4.99 Å². The molecular formula is C11H24ClN5O6. The maximum atomic E-state index is 10.2. The van der Waals surface area contributed by atoms with Crippen LogP contribution in [0.1, 0.15) is 25.7 Å². The molecule has 0 aromatic heterocycles. The Hall–Kier alpha value is -2.11. The molecule has 0 amide bonds. The van der Waals surface area contributed by atoms with Crippen LogP contribution < -0.4 is 22.9 Å². The first-order valence-corrected chi connectivity index (χ1v) is 6.31. The van der Waals surface area contributed by atoms with Crippen LogP contribution in [0.15, 0.2) is 4.99 Å². The lowest BCUT2D eigenvalue weighted by molar-refractivity contribution is -0.140. The summed E-state index contributed by atoms with van der Waals surface area (Å²) in [4.78, 5) is 33.8. The number of guanidine groups is 1. The van der Waals surface area contributed by atoms with Crippen molar-refractivity contribution in [2.24, 2.45) is 27.9 Å². The zero-order valence-corrected chi connectivity index (χ0v) is 13.2. The third-order valence-corrected chi connectivity index (χ3v) is 2.27. The van der Waals surface area contributed by atoms with Crippen LogP contribution in [0.2, 0.25) is 0 Å². The molecule has 0 aromatic carbocycles. The number of rotatable bonds is 9. The minimum Gasteiger partial charge on any atom is -0.481 e. The van der Waals surface area contributed by atoms with Gasteiger partial charge in [-0.05, 0) is 19.3 Å². The molecule has 0 unspecified atom stereocenters. The number of hydrogen-bond donors (Lipinski definition) is 7. The number of carbonyl (C=O) groups is 3. The summed E-state index contributed by atoms with van der Waals surface area (Å²) >= 11 is 0. The molecule has 136 valence electrons. The number of nitrogens with zero attached hydrogens (tertiary/aromatic N) is 1. The van der Waals surface area contributed by atoms with Gasteiger partial charge in [0.2, 0.25) is 0 Å². The summed E-state index contributed by atoms with van der Waals surface area (Å²) in [6, 6.07) is -1.88. The highest BCUT2D eigenvalue weighted by Gasteiger charge is 2.12. The van der Waals surface area contributed by atoms with Gasteiger partial charge in [-0.15, -0.1) is 12.4 Å². The Kier molecular flexibility index (Phi) is 16.6. The molecule has 12 heteroatoms. The van der Waals surface area contributed by atoms with Crippen molar-refractivity contribution < 1.29 is 29.7 Å². The van der Waals surface area contributed by atoms with Crippen LogP contribution in [0, 0.1) is 0 Å². The van der Waals surface area contributed by atoms with Crippen LogP contribution in [-0.2, 0) is 14.4 Å². The monoisotopic (exact) mass is 357 g/mol. The summed E-state index contributed by atoms with van der Waals surface area (Å²) in [7, 11) is 0. The molecular weight excluding hydrogens is 334 g/mol. The number of hydrogen-bond acceptors (Lipinski definition) is 6. The lowest BCUT2D eigenvalue weighted by atomic mass is 10.2. The SMILES string of the molecule is Cl.NC(N)=NCCC[C@H](N)C(=O)O.N[C@@H](CCC(=O)O)C(=O)O. The summed E-state index contributed by atoms with van der Waals surface area (Å²) in [5.41, 5.74) is 20.3. The Morgan fingerprint density at radius 2 is 1.35 bits per heavy atom. The molecule has 23 heavy (non-hydrogen) atoms. The highest BCUT2D eigenvalue weighted by molar-refractivity contribution is 5.85. The normalized spacial score (nSPS) is 11.7. The van der Waals surface area contributed by atoms with E-state index in [9.17, 15) is 14.4 Å². The summed E-state index contributed by atoms with van der Waals surface area (Å²) < 4.78 is 0. The van der Waals surface area contributed by atoms with Gasteiger partial charge in [0.05, 0.1) is 0 Å². The largest absolute Gasteiger partial charge is 0.481 e. The fourth-order valence-electron chi connectivity index (χ4n) is 1.05. The minimum atomic E-state index is -1.17. The number of carboxylic acid groups (broad SMARTS) is 3. The first-order chi connectivity index (χ1) is 10.1. The molecule has 0 fully saturated rings. The van der Waals surface area contributed by atoms with Gasteiger partial charge in [-0.2, -0.15) is 0 Å². The topological polar surface area (TPSA) is 228 Å². The minimum absolute atomic E-state index is 0. The van der Waals surface area contributed by atoms with Gasteiger partial charge >= 0.3 is 17.9 Å². The number of carboxylic acids is 3. The lowest BCUT2D eigenvalue weighted by Gasteiger charge is -2.03. The van der Waals surface area contributed by atoms with E-state index in [1.807, 2.05) is 0 Å². The summed E-state index contributed by atoms with van der Waals surface area (Å²) in [5.74, 6) is -3.18. The zero-order chi connectivity index (χ0) is 17.7. The van der Waals surface area contributed by atoms with Gasteiger partial charge in [-0.3, -0.25) is 19.4 Å². The molecule has 0 bridgehead atoms. The maximum Gasteiger partial charge on any atom is 0.320 e. The molecule has 0 radical (unpaired) electrons. The average molecular weight is 358 g/mol. The van der Waals surface area contributed by atoms with Crippen molar-refractivity contribution in [3.05, 3.63) is 0 Å². The molecule has 0 heterocycles. The summed E-state index contributed by atoms with van der Waals surface area (Å²) in [6.07, 6.45) is 0.732. The molecule has 0 aromatic rings. The van der Waals surface area contributed by atoms with Crippen molar-refractivity contribution >= 4 is 36.3 Å². The molecule has 2 atom stereocenters. The average Bonchev–Trinajstić information content (AvgIpc) is 2.40. The van der Waals surface area contributed by atoms with Gasteiger partial charge in [0.1, 0.15) is 12.1 Å². The lowest BCUT2D eigenvalue weighted by Crippen LogP contribution is -2.30. The molecule has 0 spiro atoms. The van der Waals surface area contributed by atoms with Gasteiger partial charge in [0.25, 0.3) is 0 Å². The molecule has 0 aliphatic heterocycles. The molecule has 11 N–H and O–H groups in total. The van der Waals surface area contributed by atoms with E-state index in [-0.39, 0.29) is 31.2 Å². The molecule has 0 aliphatic carbocycles. The second kappa shape index (κ2) is 14.8.